The van der Waals surface area contributed by atoms with Gasteiger partial charge in [-0.25, -0.2) is 0 Å². The molecule has 0 aliphatic heterocycles. The number of aromatic nitrogens is 1. The van der Waals surface area contributed by atoms with Crippen LogP contribution >= 0.6 is 0 Å². The molecule has 2 atom stereocenters. The molecule has 0 radical (unpaired) electrons. The zero-order valence-corrected chi connectivity index (χ0v) is 12.7. The summed E-state index contributed by atoms with van der Waals surface area (Å²) in [5.74, 6) is 1.64. The van der Waals surface area contributed by atoms with Gasteiger partial charge in [0.25, 0.3) is 0 Å². The maximum atomic E-state index is 3.82. The van der Waals surface area contributed by atoms with Gasteiger partial charge in [0.2, 0.25) is 0 Å². The van der Waals surface area contributed by atoms with Gasteiger partial charge in [-0.3, -0.25) is 0 Å². The van der Waals surface area contributed by atoms with Crippen molar-refractivity contribution < 1.29 is 0 Å². The lowest BCUT2D eigenvalue weighted by Crippen LogP contribution is -2.40. The third kappa shape index (κ3) is 2.90. The van der Waals surface area contributed by atoms with E-state index in [1.54, 1.807) is 0 Å². The fourth-order valence-corrected chi connectivity index (χ4v) is 3.67. The summed E-state index contributed by atoms with van der Waals surface area (Å²) < 4.78 is 0. The Kier molecular flexibility index (Phi) is 4.11. The first-order chi connectivity index (χ1) is 9.74. The van der Waals surface area contributed by atoms with Crippen molar-refractivity contribution in [2.45, 2.75) is 52.1 Å². The highest BCUT2D eigenvalue weighted by atomic mass is 14.9. The lowest BCUT2D eigenvalue weighted by Gasteiger charge is -2.35. The van der Waals surface area contributed by atoms with E-state index < -0.39 is 0 Å². The second kappa shape index (κ2) is 6.01. The second-order valence-corrected chi connectivity index (χ2v) is 6.58. The third-order valence-electron chi connectivity index (χ3n) is 4.86. The smallest absolute Gasteiger partial charge is 0.0454 e. The van der Waals surface area contributed by atoms with Gasteiger partial charge >= 0.3 is 0 Å². The maximum absolute atomic E-state index is 3.82. The number of aromatic amines is 1. The SMILES string of the molecule is CC(C)C1CCCCC1NCc1ccc2[nH]ccc2c1. The number of nitrogens with one attached hydrogen (secondary N) is 2. The van der Waals surface area contributed by atoms with Gasteiger partial charge in [-0.15, -0.1) is 0 Å². The third-order valence-corrected chi connectivity index (χ3v) is 4.86. The minimum absolute atomic E-state index is 0.700. The number of H-pyrrole nitrogens is 1. The molecular formula is C18H26N2. The van der Waals surface area contributed by atoms with Crippen LogP contribution in [0.4, 0.5) is 0 Å². The van der Waals surface area contributed by atoms with E-state index in [4.69, 9.17) is 0 Å². The van der Waals surface area contributed by atoms with E-state index in [0.29, 0.717) is 6.04 Å². The van der Waals surface area contributed by atoms with Crippen LogP contribution in [-0.4, -0.2) is 11.0 Å². The molecule has 2 N–H and O–H groups in total. The Hall–Kier alpha value is -1.28. The van der Waals surface area contributed by atoms with E-state index in [2.05, 4.69) is 48.4 Å². The quantitative estimate of drug-likeness (QED) is 0.842. The molecule has 0 bridgehead atoms. The van der Waals surface area contributed by atoms with Crippen LogP contribution in [0, 0.1) is 11.8 Å². The molecule has 0 saturated heterocycles. The summed E-state index contributed by atoms with van der Waals surface area (Å²) in [6.07, 6.45) is 7.55. The fraction of sp³-hybridized carbons (Fsp3) is 0.556. The van der Waals surface area contributed by atoms with Gasteiger partial charge in [0.05, 0.1) is 0 Å². The van der Waals surface area contributed by atoms with Gasteiger partial charge in [0.15, 0.2) is 0 Å². The number of benzene rings is 1. The summed E-state index contributed by atoms with van der Waals surface area (Å²) in [7, 11) is 0. The molecule has 2 nitrogen and oxygen atoms in total. The Labute approximate surface area is 122 Å². The highest BCUT2D eigenvalue weighted by Crippen LogP contribution is 2.30. The van der Waals surface area contributed by atoms with Crippen LogP contribution in [0.15, 0.2) is 30.5 Å². The van der Waals surface area contributed by atoms with E-state index in [1.807, 2.05) is 6.20 Å². The molecule has 1 aromatic carbocycles. The number of hydrogen-bond acceptors (Lipinski definition) is 1. The van der Waals surface area contributed by atoms with Crippen LogP contribution in [0.2, 0.25) is 0 Å². The lowest BCUT2D eigenvalue weighted by atomic mass is 9.78. The van der Waals surface area contributed by atoms with Crippen molar-refractivity contribution in [2.24, 2.45) is 11.8 Å². The van der Waals surface area contributed by atoms with Gasteiger partial charge in [-0.1, -0.05) is 32.8 Å². The molecule has 0 spiro atoms. The van der Waals surface area contributed by atoms with Crippen LogP contribution < -0.4 is 5.32 Å². The van der Waals surface area contributed by atoms with Crippen molar-refractivity contribution in [3.63, 3.8) is 0 Å². The molecule has 2 aromatic rings. The second-order valence-electron chi connectivity index (χ2n) is 6.58. The van der Waals surface area contributed by atoms with Crippen LogP contribution in [0.5, 0.6) is 0 Å². The summed E-state index contributed by atoms with van der Waals surface area (Å²) in [5, 5.41) is 5.13. The van der Waals surface area contributed by atoms with Crippen molar-refractivity contribution in [3.05, 3.63) is 36.0 Å². The van der Waals surface area contributed by atoms with Gasteiger partial charge < -0.3 is 10.3 Å². The van der Waals surface area contributed by atoms with Gasteiger partial charge in [-0.2, -0.15) is 0 Å². The topological polar surface area (TPSA) is 27.8 Å². The summed E-state index contributed by atoms with van der Waals surface area (Å²) in [6.45, 7) is 5.74. The number of hydrogen-bond donors (Lipinski definition) is 2. The van der Waals surface area contributed by atoms with Crippen LogP contribution in [-0.2, 0) is 6.54 Å². The minimum atomic E-state index is 0.700. The largest absolute Gasteiger partial charge is 0.361 e. The summed E-state index contributed by atoms with van der Waals surface area (Å²) in [6, 6.07) is 9.57. The molecule has 1 fully saturated rings. The zero-order chi connectivity index (χ0) is 13.9. The highest BCUT2D eigenvalue weighted by Gasteiger charge is 2.26. The summed E-state index contributed by atoms with van der Waals surface area (Å²) >= 11 is 0. The molecule has 1 saturated carbocycles. The van der Waals surface area contributed by atoms with Crippen molar-refractivity contribution in [3.8, 4) is 0 Å². The van der Waals surface area contributed by atoms with Gasteiger partial charge in [0.1, 0.15) is 0 Å². The molecule has 3 rings (SSSR count). The number of fused-ring (bicyclic) bond motifs is 1. The molecule has 1 aromatic heterocycles. The molecule has 20 heavy (non-hydrogen) atoms. The first kappa shape index (κ1) is 13.7. The Balaban J connectivity index is 1.65. The number of rotatable bonds is 4. The van der Waals surface area contributed by atoms with Gasteiger partial charge in [0, 0.05) is 24.3 Å². The standard InChI is InChI=1S/C18H26N2/c1-13(2)16-5-3-4-6-18(16)20-12-14-7-8-17-15(11-14)9-10-19-17/h7-11,13,16,18-20H,3-6,12H2,1-2H3. The summed E-state index contributed by atoms with van der Waals surface area (Å²) in [5.41, 5.74) is 2.62. The first-order valence-corrected chi connectivity index (χ1v) is 8.03. The van der Waals surface area contributed by atoms with E-state index in [-0.39, 0.29) is 0 Å². The predicted octanol–water partition coefficient (Wildman–Crippen LogP) is 4.47. The predicted molar refractivity (Wildman–Crippen MR) is 85.7 cm³/mol. The van der Waals surface area contributed by atoms with Gasteiger partial charge in [-0.05, 0) is 53.8 Å². The Morgan fingerprint density at radius 1 is 1.20 bits per heavy atom. The molecule has 1 heterocycles. The van der Waals surface area contributed by atoms with E-state index in [1.165, 1.54) is 42.1 Å². The van der Waals surface area contributed by atoms with Crippen molar-refractivity contribution in [1.29, 1.82) is 0 Å². The van der Waals surface area contributed by atoms with Crippen molar-refractivity contribution in [2.75, 3.05) is 0 Å². The van der Waals surface area contributed by atoms with Crippen molar-refractivity contribution in [1.82, 2.24) is 10.3 Å². The average molecular weight is 270 g/mol. The molecule has 1 aliphatic carbocycles. The molecule has 1 aliphatic rings. The summed E-state index contributed by atoms with van der Waals surface area (Å²) in [4.78, 5) is 3.25. The monoisotopic (exact) mass is 270 g/mol. The van der Waals surface area contributed by atoms with E-state index >= 15 is 0 Å². The lowest BCUT2D eigenvalue weighted by molar-refractivity contribution is 0.204. The maximum Gasteiger partial charge on any atom is 0.0454 e. The normalized spacial score (nSPS) is 23.6. The first-order valence-electron chi connectivity index (χ1n) is 8.03. The van der Waals surface area contributed by atoms with Crippen LogP contribution in [0.25, 0.3) is 10.9 Å². The average Bonchev–Trinajstić information content (AvgIpc) is 2.92. The Bertz CT molecular complexity index is 555. The Morgan fingerprint density at radius 3 is 2.90 bits per heavy atom. The van der Waals surface area contributed by atoms with E-state index in [0.717, 1.165) is 18.4 Å². The fourth-order valence-electron chi connectivity index (χ4n) is 3.67. The molecule has 2 heteroatoms. The molecular weight excluding hydrogens is 244 g/mol. The minimum Gasteiger partial charge on any atom is -0.361 e. The van der Waals surface area contributed by atoms with Crippen LogP contribution in [0.3, 0.4) is 0 Å². The highest BCUT2D eigenvalue weighted by molar-refractivity contribution is 5.79. The zero-order valence-electron chi connectivity index (χ0n) is 12.7. The molecule has 108 valence electrons. The van der Waals surface area contributed by atoms with Crippen molar-refractivity contribution >= 4 is 10.9 Å². The molecule has 2 unspecified atom stereocenters. The molecule has 0 amide bonds. The van der Waals surface area contributed by atoms with E-state index in [9.17, 15) is 0 Å². The Morgan fingerprint density at radius 2 is 2.05 bits per heavy atom. The van der Waals surface area contributed by atoms with Crippen LogP contribution in [0.1, 0.15) is 45.1 Å².